The molecule has 1 aromatic heterocycles. The summed E-state index contributed by atoms with van der Waals surface area (Å²) in [7, 11) is 0. The topological polar surface area (TPSA) is 3.88 Å². The molecule has 0 unspecified atom stereocenters. The van der Waals surface area contributed by atoms with Gasteiger partial charge in [0.25, 0.3) is 0 Å². The van der Waals surface area contributed by atoms with Crippen LogP contribution in [0.3, 0.4) is 0 Å². The Balaban J connectivity index is 2.18. The zero-order valence-corrected chi connectivity index (χ0v) is 14.2. The first-order valence-electron chi connectivity index (χ1n) is 8.43. The minimum atomic E-state index is 1.02. The molecule has 116 valence electrons. The highest BCUT2D eigenvalue weighted by molar-refractivity contribution is 5.64. The summed E-state index contributed by atoms with van der Waals surface area (Å²) < 4.78 is 2.40. The van der Waals surface area contributed by atoms with Gasteiger partial charge in [-0.25, -0.2) is 0 Å². The highest BCUT2D eigenvalue weighted by atomic mass is 15.0. The van der Waals surface area contributed by atoms with Crippen molar-refractivity contribution < 1.29 is 4.57 Å². The highest BCUT2D eigenvalue weighted by Crippen LogP contribution is 2.22. The van der Waals surface area contributed by atoms with Gasteiger partial charge >= 0.3 is 0 Å². The maximum absolute atomic E-state index is 2.40. The summed E-state index contributed by atoms with van der Waals surface area (Å²) in [6, 6.07) is 24.1. The minimum absolute atomic E-state index is 1.02. The second kappa shape index (κ2) is 6.78. The summed E-state index contributed by atoms with van der Waals surface area (Å²) >= 11 is 0. The third-order valence-corrected chi connectivity index (χ3v) is 4.34. The molecular weight excluding hydrogens is 278 g/mol. The molecule has 0 bridgehead atoms. The van der Waals surface area contributed by atoms with Crippen molar-refractivity contribution in [3.8, 4) is 16.8 Å². The summed E-state index contributed by atoms with van der Waals surface area (Å²) in [6.45, 7) is 6.59. The predicted molar refractivity (Wildman–Crippen MR) is 96.9 cm³/mol. The maximum atomic E-state index is 2.40. The fourth-order valence-electron chi connectivity index (χ4n) is 3.06. The number of para-hydroxylation sites is 1. The van der Waals surface area contributed by atoms with Crippen molar-refractivity contribution in [3.05, 3.63) is 83.7 Å². The third-order valence-electron chi connectivity index (χ3n) is 4.34. The van der Waals surface area contributed by atoms with Crippen LogP contribution in [0.25, 0.3) is 16.8 Å². The second-order valence-electron chi connectivity index (χ2n) is 5.97. The van der Waals surface area contributed by atoms with E-state index in [1.54, 1.807) is 0 Å². The van der Waals surface area contributed by atoms with Crippen LogP contribution in [-0.4, -0.2) is 0 Å². The summed E-state index contributed by atoms with van der Waals surface area (Å²) in [6.07, 6.45) is 2.03. The van der Waals surface area contributed by atoms with Crippen molar-refractivity contribution in [3.63, 3.8) is 0 Å². The first-order valence-corrected chi connectivity index (χ1v) is 8.43. The molecule has 23 heavy (non-hydrogen) atoms. The van der Waals surface area contributed by atoms with Crippen LogP contribution >= 0.6 is 0 Å². The van der Waals surface area contributed by atoms with Gasteiger partial charge in [0, 0.05) is 37.1 Å². The molecule has 2 aromatic carbocycles. The maximum Gasteiger partial charge on any atom is 0.211 e. The summed E-state index contributed by atoms with van der Waals surface area (Å²) in [5.41, 5.74) is 7.86. The van der Waals surface area contributed by atoms with Gasteiger partial charge in [0.2, 0.25) is 5.69 Å². The van der Waals surface area contributed by atoms with Gasteiger partial charge in [0.15, 0.2) is 11.4 Å². The fraction of sp³-hybridized carbons (Fsp3) is 0.227. The van der Waals surface area contributed by atoms with E-state index in [0.29, 0.717) is 0 Å². The standard InChI is InChI=1S/C22H24N/c1-4-20-15-19(18-13-11-17(3)12-14-18)16-21(5-2)23(20)22-9-7-6-8-10-22/h6-16H,4-5H2,1-3H3/q+1. The van der Waals surface area contributed by atoms with Crippen LogP contribution in [0.2, 0.25) is 0 Å². The number of pyridine rings is 1. The molecular formula is C22H24N+. The van der Waals surface area contributed by atoms with Crippen LogP contribution in [0.15, 0.2) is 66.7 Å². The Bertz CT molecular complexity index is 761. The minimum Gasteiger partial charge on any atom is -0.162 e. The van der Waals surface area contributed by atoms with E-state index in [1.807, 2.05) is 0 Å². The quantitative estimate of drug-likeness (QED) is 0.593. The molecule has 0 radical (unpaired) electrons. The van der Waals surface area contributed by atoms with E-state index in [-0.39, 0.29) is 0 Å². The molecule has 0 aliphatic carbocycles. The zero-order valence-electron chi connectivity index (χ0n) is 14.2. The second-order valence-corrected chi connectivity index (χ2v) is 5.97. The smallest absolute Gasteiger partial charge is 0.162 e. The Hall–Kier alpha value is -2.41. The van der Waals surface area contributed by atoms with Gasteiger partial charge in [-0.2, -0.15) is 4.57 Å². The Labute approximate surface area is 139 Å². The van der Waals surface area contributed by atoms with Crippen LogP contribution in [0.4, 0.5) is 0 Å². The number of nitrogens with zero attached hydrogens (tertiary/aromatic N) is 1. The highest BCUT2D eigenvalue weighted by Gasteiger charge is 2.19. The van der Waals surface area contributed by atoms with Crippen molar-refractivity contribution in [2.45, 2.75) is 33.6 Å². The Kier molecular flexibility index (Phi) is 4.57. The van der Waals surface area contributed by atoms with Crippen molar-refractivity contribution in [2.24, 2.45) is 0 Å². The summed E-state index contributed by atoms with van der Waals surface area (Å²) in [5.74, 6) is 0. The van der Waals surface area contributed by atoms with E-state index in [9.17, 15) is 0 Å². The fourth-order valence-corrected chi connectivity index (χ4v) is 3.06. The molecule has 0 atom stereocenters. The molecule has 0 N–H and O–H groups in total. The first-order chi connectivity index (χ1) is 11.2. The average molecular weight is 302 g/mol. The van der Waals surface area contributed by atoms with E-state index in [4.69, 9.17) is 0 Å². The number of hydrogen-bond acceptors (Lipinski definition) is 0. The molecule has 0 spiro atoms. The lowest BCUT2D eigenvalue weighted by molar-refractivity contribution is -0.612. The number of aromatic nitrogens is 1. The van der Waals surface area contributed by atoms with Crippen molar-refractivity contribution >= 4 is 0 Å². The lowest BCUT2D eigenvalue weighted by Crippen LogP contribution is -2.40. The molecule has 0 saturated heterocycles. The lowest BCUT2D eigenvalue weighted by Gasteiger charge is -2.10. The normalized spacial score (nSPS) is 10.7. The van der Waals surface area contributed by atoms with Gasteiger partial charge in [0.1, 0.15) is 0 Å². The van der Waals surface area contributed by atoms with E-state index >= 15 is 0 Å². The van der Waals surface area contributed by atoms with Crippen LogP contribution in [0.5, 0.6) is 0 Å². The third kappa shape index (κ3) is 3.19. The van der Waals surface area contributed by atoms with E-state index < -0.39 is 0 Å². The Morgan fingerprint density at radius 3 is 1.78 bits per heavy atom. The zero-order chi connectivity index (χ0) is 16.2. The van der Waals surface area contributed by atoms with Crippen LogP contribution in [0.1, 0.15) is 30.8 Å². The molecule has 1 heteroatoms. The Morgan fingerprint density at radius 2 is 1.26 bits per heavy atom. The van der Waals surface area contributed by atoms with Crippen LogP contribution in [0, 0.1) is 6.92 Å². The van der Waals surface area contributed by atoms with E-state index in [0.717, 1.165) is 12.8 Å². The molecule has 3 rings (SSSR count). The first kappa shape index (κ1) is 15.5. The SMILES string of the molecule is CCc1cc(-c2ccc(C)cc2)cc(CC)[n+]1-c1ccccc1. The van der Waals surface area contributed by atoms with E-state index in [1.165, 1.54) is 33.8 Å². The van der Waals surface area contributed by atoms with Gasteiger partial charge < -0.3 is 0 Å². The van der Waals surface area contributed by atoms with E-state index in [2.05, 4.69) is 92.1 Å². The number of hydrogen-bond donors (Lipinski definition) is 0. The predicted octanol–water partition coefficient (Wildman–Crippen LogP) is 5.06. The monoisotopic (exact) mass is 302 g/mol. The number of benzene rings is 2. The summed E-state index contributed by atoms with van der Waals surface area (Å²) in [4.78, 5) is 0. The molecule has 1 nitrogen and oxygen atoms in total. The van der Waals surface area contributed by atoms with Gasteiger partial charge in [-0.05, 0) is 18.1 Å². The molecule has 0 saturated carbocycles. The molecule has 0 aliphatic heterocycles. The van der Waals surface area contributed by atoms with Gasteiger partial charge in [0.05, 0.1) is 0 Å². The van der Waals surface area contributed by atoms with Crippen molar-refractivity contribution in [2.75, 3.05) is 0 Å². The molecule has 0 aliphatic rings. The largest absolute Gasteiger partial charge is 0.211 e. The molecule has 0 amide bonds. The van der Waals surface area contributed by atoms with Crippen molar-refractivity contribution in [1.29, 1.82) is 0 Å². The Morgan fingerprint density at radius 1 is 0.696 bits per heavy atom. The average Bonchev–Trinajstić information content (AvgIpc) is 2.61. The number of rotatable bonds is 4. The van der Waals surface area contributed by atoms with Gasteiger partial charge in [-0.15, -0.1) is 0 Å². The van der Waals surface area contributed by atoms with Gasteiger partial charge in [-0.1, -0.05) is 61.9 Å². The lowest BCUT2D eigenvalue weighted by atomic mass is 10.0. The summed E-state index contributed by atoms with van der Waals surface area (Å²) in [5, 5.41) is 0. The van der Waals surface area contributed by atoms with Crippen LogP contribution in [-0.2, 0) is 12.8 Å². The molecule has 1 heterocycles. The number of aryl methyl sites for hydroxylation is 3. The molecule has 3 aromatic rings. The van der Waals surface area contributed by atoms with Crippen molar-refractivity contribution in [1.82, 2.24) is 0 Å². The van der Waals surface area contributed by atoms with Gasteiger partial charge in [-0.3, -0.25) is 0 Å². The van der Waals surface area contributed by atoms with Crippen LogP contribution < -0.4 is 4.57 Å². The molecule has 0 fully saturated rings.